The number of aliphatic hydroxyl groups is 1. The number of carbonyl (C=O) groups excluding carboxylic acids is 1. The topological polar surface area (TPSA) is 69.8 Å². The van der Waals surface area contributed by atoms with Crippen molar-refractivity contribution in [2.75, 3.05) is 37.8 Å². The average Bonchev–Trinajstić information content (AvgIpc) is 2.33. The Morgan fingerprint density at radius 3 is 2.40 bits per heavy atom. The van der Waals surface area contributed by atoms with Crippen molar-refractivity contribution in [1.82, 2.24) is 4.90 Å². The number of rotatable bonds is 5. The van der Waals surface area contributed by atoms with Gasteiger partial charge in [-0.25, -0.2) is 0 Å². The largest absolute Gasteiger partial charge is 0.399 e. The van der Waals surface area contributed by atoms with Crippen molar-refractivity contribution in [3.05, 3.63) is 23.8 Å². The second-order valence-corrected chi connectivity index (χ2v) is 5.80. The maximum atomic E-state index is 12.7. The average molecular weight is 279 g/mol. The van der Waals surface area contributed by atoms with Gasteiger partial charge in [0.2, 0.25) is 0 Å². The van der Waals surface area contributed by atoms with Crippen LogP contribution < -0.4 is 10.6 Å². The van der Waals surface area contributed by atoms with Gasteiger partial charge in [-0.05, 0) is 39.0 Å². The summed E-state index contributed by atoms with van der Waals surface area (Å²) in [6.45, 7) is 6.09. The second-order valence-electron chi connectivity index (χ2n) is 5.80. The van der Waals surface area contributed by atoms with Crippen LogP contribution in [0.3, 0.4) is 0 Å². The molecule has 1 aromatic carbocycles. The maximum absolute atomic E-state index is 12.7. The van der Waals surface area contributed by atoms with E-state index in [0.717, 1.165) is 5.69 Å². The first-order chi connectivity index (χ1) is 9.15. The van der Waals surface area contributed by atoms with Gasteiger partial charge in [-0.1, -0.05) is 0 Å². The van der Waals surface area contributed by atoms with E-state index in [1.54, 1.807) is 30.9 Å². The van der Waals surface area contributed by atoms with Crippen molar-refractivity contribution in [3.63, 3.8) is 0 Å². The predicted octanol–water partition coefficient (Wildman–Crippen LogP) is 1.57. The van der Waals surface area contributed by atoms with Crippen LogP contribution in [0.5, 0.6) is 0 Å². The summed E-state index contributed by atoms with van der Waals surface area (Å²) in [4.78, 5) is 16.2. The SMILES string of the molecule is CCN(CC(C)(C)O)C(=O)c1cc(N)ccc1N(C)C. The maximum Gasteiger partial charge on any atom is 0.256 e. The summed E-state index contributed by atoms with van der Waals surface area (Å²) in [5.41, 5.74) is 6.80. The first-order valence-electron chi connectivity index (χ1n) is 6.74. The van der Waals surface area contributed by atoms with E-state index in [4.69, 9.17) is 5.73 Å². The Balaban J connectivity index is 3.15. The molecular weight excluding hydrogens is 254 g/mol. The molecule has 1 rings (SSSR count). The van der Waals surface area contributed by atoms with Crippen LogP contribution in [0, 0.1) is 0 Å². The minimum Gasteiger partial charge on any atom is -0.399 e. The summed E-state index contributed by atoms with van der Waals surface area (Å²) < 4.78 is 0. The number of hydrogen-bond acceptors (Lipinski definition) is 4. The molecule has 112 valence electrons. The number of likely N-dealkylation sites (N-methyl/N-ethyl adjacent to an activating group) is 1. The molecule has 1 aromatic rings. The van der Waals surface area contributed by atoms with Gasteiger partial charge < -0.3 is 20.6 Å². The van der Waals surface area contributed by atoms with Gasteiger partial charge in [0.25, 0.3) is 5.91 Å². The number of carbonyl (C=O) groups is 1. The Hall–Kier alpha value is -1.75. The molecule has 1 amide bonds. The molecule has 0 saturated heterocycles. The normalized spacial score (nSPS) is 11.3. The van der Waals surface area contributed by atoms with Gasteiger partial charge in [0.15, 0.2) is 0 Å². The molecule has 0 unspecified atom stereocenters. The third kappa shape index (κ3) is 4.13. The number of anilines is 2. The molecule has 0 aliphatic rings. The van der Waals surface area contributed by atoms with E-state index in [1.807, 2.05) is 32.0 Å². The van der Waals surface area contributed by atoms with Gasteiger partial charge in [0, 0.05) is 38.6 Å². The number of hydrogen-bond donors (Lipinski definition) is 2. The quantitative estimate of drug-likeness (QED) is 0.803. The predicted molar refractivity (Wildman–Crippen MR) is 83.1 cm³/mol. The smallest absolute Gasteiger partial charge is 0.256 e. The van der Waals surface area contributed by atoms with Gasteiger partial charge in [-0.3, -0.25) is 4.79 Å². The molecule has 0 aliphatic carbocycles. The number of nitrogen functional groups attached to an aromatic ring is 1. The highest BCUT2D eigenvalue weighted by Gasteiger charge is 2.24. The van der Waals surface area contributed by atoms with E-state index in [1.165, 1.54) is 0 Å². The third-order valence-electron chi connectivity index (χ3n) is 2.98. The van der Waals surface area contributed by atoms with Gasteiger partial charge in [-0.2, -0.15) is 0 Å². The molecule has 0 atom stereocenters. The van der Waals surface area contributed by atoms with E-state index in [-0.39, 0.29) is 12.5 Å². The molecule has 5 heteroatoms. The van der Waals surface area contributed by atoms with Crippen LogP contribution >= 0.6 is 0 Å². The lowest BCUT2D eigenvalue weighted by atomic mass is 10.1. The van der Waals surface area contributed by atoms with E-state index in [9.17, 15) is 9.90 Å². The second kappa shape index (κ2) is 6.13. The van der Waals surface area contributed by atoms with E-state index >= 15 is 0 Å². The summed E-state index contributed by atoms with van der Waals surface area (Å²) in [5.74, 6) is -0.120. The summed E-state index contributed by atoms with van der Waals surface area (Å²) in [6.07, 6.45) is 0. The van der Waals surface area contributed by atoms with E-state index < -0.39 is 5.60 Å². The number of amides is 1. The fourth-order valence-corrected chi connectivity index (χ4v) is 2.08. The number of benzene rings is 1. The van der Waals surface area contributed by atoms with E-state index in [0.29, 0.717) is 17.8 Å². The molecule has 3 N–H and O–H groups in total. The van der Waals surface area contributed by atoms with Crippen molar-refractivity contribution < 1.29 is 9.90 Å². The summed E-state index contributed by atoms with van der Waals surface area (Å²) in [5, 5.41) is 9.92. The standard InChI is InChI=1S/C15H25N3O2/c1-6-18(10-15(2,3)20)14(19)12-9-11(16)7-8-13(12)17(4)5/h7-9,20H,6,10,16H2,1-5H3. The lowest BCUT2D eigenvalue weighted by molar-refractivity contribution is 0.0315. The molecule has 0 bridgehead atoms. The van der Waals surface area contributed by atoms with Gasteiger partial charge >= 0.3 is 0 Å². The first-order valence-corrected chi connectivity index (χ1v) is 6.74. The molecule has 0 aliphatic heterocycles. The zero-order chi connectivity index (χ0) is 15.5. The highest BCUT2D eigenvalue weighted by Crippen LogP contribution is 2.23. The Morgan fingerprint density at radius 1 is 1.35 bits per heavy atom. The number of nitrogens with zero attached hydrogens (tertiary/aromatic N) is 2. The number of nitrogens with two attached hydrogens (primary N) is 1. The lowest BCUT2D eigenvalue weighted by Crippen LogP contribution is -2.42. The third-order valence-corrected chi connectivity index (χ3v) is 2.98. The highest BCUT2D eigenvalue weighted by molar-refractivity contribution is 6.00. The molecular formula is C15H25N3O2. The fourth-order valence-electron chi connectivity index (χ4n) is 2.08. The fraction of sp³-hybridized carbons (Fsp3) is 0.533. The minimum atomic E-state index is -0.926. The molecule has 0 aromatic heterocycles. The Kier molecular flexibility index (Phi) is 5.00. The van der Waals surface area contributed by atoms with Crippen LogP contribution in [0.25, 0.3) is 0 Å². The van der Waals surface area contributed by atoms with Crippen LogP contribution in [-0.4, -0.2) is 48.7 Å². The molecule has 20 heavy (non-hydrogen) atoms. The zero-order valence-corrected chi connectivity index (χ0v) is 13.0. The van der Waals surface area contributed by atoms with Gasteiger partial charge in [0.05, 0.1) is 11.2 Å². The van der Waals surface area contributed by atoms with Crippen molar-refractivity contribution in [3.8, 4) is 0 Å². The Bertz CT molecular complexity index is 478. The monoisotopic (exact) mass is 279 g/mol. The van der Waals surface area contributed by atoms with Crippen molar-refractivity contribution in [2.45, 2.75) is 26.4 Å². The molecule has 0 saturated carbocycles. The molecule has 0 fully saturated rings. The van der Waals surface area contributed by atoms with Crippen LogP contribution in [0.2, 0.25) is 0 Å². The zero-order valence-electron chi connectivity index (χ0n) is 13.0. The van der Waals surface area contributed by atoms with Crippen LogP contribution in [0.15, 0.2) is 18.2 Å². The van der Waals surface area contributed by atoms with Crippen molar-refractivity contribution in [2.24, 2.45) is 0 Å². The Labute approximate surface area is 121 Å². The van der Waals surface area contributed by atoms with Gasteiger partial charge in [-0.15, -0.1) is 0 Å². The molecule has 0 heterocycles. The molecule has 5 nitrogen and oxygen atoms in total. The molecule has 0 radical (unpaired) electrons. The lowest BCUT2D eigenvalue weighted by Gasteiger charge is -2.29. The summed E-state index contributed by atoms with van der Waals surface area (Å²) in [6, 6.07) is 5.30. The summed E-state index contributed by atoms with van der Waals surface area (Å²) in [7, 11) is 3.77. The first kappa shape index (κ1) is 16.3. The highest BCUT2D eigenvalue weighted by atomic mass is 16.3. The van der Waals surface area contributed by atoms with Crippen LogP contribution in [0.1, 0.15) is 31.1 Å². The van der Waals surface area contributed by atoms with Crippen molar-refractivity contribution >= 4 is 17.3 Å². The van der Waals surface area contributed by atoms with E-state index in [2.05, 4.69) is 0 Å². The van der Waals surface area contributed by atoms with Crippen molar-refractivity contribution in [1.29, 1.82) is 0 Å². The minimum absolute atomic E-state index is 0.120. The van der Waals surface area contributed by atoms with Gasteiger partial charge in [0.1, 0.15) is 0 Å². The molecule has 0 spiro atoms. The van der Waals surface area contributed by atoms with Crippen LogP contribution in [-0.2, 0) is 0 Å². The van der Waals surface area contributed by atoms with Crippen LogP contribution in [0.4, 0.5) is 11.4 Å². The summed E-state index contributed by atoms with van der Waals surface area (Å²) >= 11 is 0. The Morgan fingerprint density at radius 2 is 1.95 bits per heavy atom.